The number of amides is 2. The molecule has 2 aliphatic heterocycles. The van der Waals surface area contributed by atoms with E-state index in [9.17, 15) is 14.4 Å². The van der Waals surface area contributed by atoms with Gasteiger partial charge in [0.05, 0.1) is 24.4 Å². The summed E-state index contributed by atoms with van der Waals surface area (Å²) in [6.45, 7) is 1.24. The highest BCUT2D eigenvalue weighted by atomic mass is 16.5. The molecule has 0 spiro atoms. The summed E-state index contributed by atoms with van der Waals surface area (Å²) in [5.74, 6) is -0.546. The molecule has 2 N–H and O–H groups in total. The third-order valence-corrected chi connectivity index (χ3v) is 5.43. The van der Waals surface area contributed by atoms with Crippen LogP contribution in [0.4, 0.5) is 11.4 Å². The Kier molecular flexibility index (Phi) is 5.57. The zero-order valence-corrected chi connectivity index (χ0v) is 16.0. The minimum Gasteiger partial charge on any atom is -0.465 e. The molecule has 0 radical (unpaired) electrons. The Labute approximate surface area is 169 Å². The molecule has 29 heavy (non-hydrogen) atoms. The smallest absolute Gasteiger partial charge is 0.323 e. The van der Waals surface area contributed by atoms with Gasteiger partial charge in [0.2, 0.25) is 5.91 Å². The van der Waals surface area contributed by atoms with E-state index in [1.54, 1.807) is 36.4 Å². The van der Waals surface area contributed by atoms with Gasteiger partial charge < -0.3 is 15.4 Å². The van der Waals surface area contributed by atoms with Crippen LogP contribution in [-0.4, -0.2) is 48.4 Å². The Balaban J connectivity index is 1.42. The lowest BCUT2D eigenvalue weighted by atomic mass is 9.95. The van der Waals surface area contributed by atoms with E-state index >= 15 is 0 Å². The number of para-hydroxylation sites is 2. The second-order valence-corrected chi connectivity index (χ2v) is 7.33. The van der Waals surface area contributed by atoms with Crippen LogP contribution in [-0.2, 0) is 14.3 Å². The summed E-state index contributed by atoms with van der Waals surface area (Å²) < 4.78 is 5.16. The summed E-state index contributed by atoms with van der Waals surface area (Å²) in [5.41, 5.74) is 1.49. The number of hydrogen-bond donors (Lipinski definition) is 2. The SMILES string of the molecule is O=C(CN1CC[C@H]2CCOC(=O)[C@H]21)Nc1ccccc1C(=O)Nc1ccccc1. The van der Waals surface area contributed by atoms with Crippen molar-refractivity contribution in [2.24, 2.45) is 5.92 Å². The minimum absolute atomic E-state index is 0.0882. The van der Waals surface area contributed by atoms with Crippen LogP contribution >= 0.6 is 0 Å². The second kappa shape index (κ2) is 8.45. The van der Waals surface area contributed by atoms with Crippen molar-refractivity contribution in [3.8, 4) is 0 Å². The first kappa shape index (κ1) is 19.1. The maximum absolute atomic E-state index is 12.7. The average Bonchev–Trinajstić information content (AvgIpc) is 3.13. The summed E-state index contributed by atoms with van der Waals surface area (Å²) in [5, 5.41) is 5.65. The van der Waals surface area contributed by atoms with Gasteiger partial charge in [-0.1, -0.05) is 30.3 Å². The van der Waals surface area contributed by atoms with Gasteiger partial charge >= 0.3 is 5.97 Å². The highest BCUT2D eigenvalue weighted by Gasteiger charge is 2.43. The number of esters is 1. The molecule has 2 amide bonds. The molecule has 7 nitrogen and oxygen atoms in total. The normalized spacial score (nSPS) is 21.2. The van der Waals surface area contributed by atoms with E-state index in [0.717, 1.165) is 12.8 Å². The molecule has 2 heterocycles. The van der Waals surface area contributed by atoms with Gasteiger partial charge in [-0.15, -0.1) is 0 Å². The van der Waals surface area contributed by atoms with Crippen LogP contribution in [0.5, 0.6) is 0 Å². The Bertz CT molecular complexity index is 915. The molecule has 2 aromatic rings. The number of carbonyl (C=O) groups excluding carboxylic acids is 3. The number of benzene rings is 2. The van der Waals surface area contributed by atoms with Crippen LogP contribution in [0.3, 0.4) is 0 Å². The van der Waals surface area contributed by atoms with Crippen molar-refractivity contribution in [3.63, 3.8) is 0 Å². The molecule has 0 aromatic heterocycles. The molecule has 0 aliphatic carbocycles. The predicted molar refractivity (Wildman–Crippen MR) is 109 cm³/mol. The number of rotatable bonds is 5. The molecule has 0 unspecified atom stereocenters. The number of nitrogens with one attached hydrogen (secondary N) is 2. The first-order chi connectivity index (χ1) is 14.1. The summed E-state index contributed by atoms with van der Waals surface area (Å²) in [4.78, 5) is 39.3. The zero-order chi connectivity index (χ0) is 20.2. The molecule has 2 aliphatic rings. The monoisotopic (exact) mass is 393 g/mol. The Morgan fingerprint density at radius 2 is 1.76 bits per heavy atom. The van der Waals surface area contributed by atoms with Crippen molar-refractivity contribution in [1.82, 2.24) is 4.90 Å². The molecule has 2 fully saturated rings. The second-order valence-electron chi connectivity index (χ2n) is 7.33. The molecule has 0 bridgehead atoms. The lowest BCUT2D eigenvalue weighted by Gasteiger charge is -2.29. The highest BCUT2D eigenvalue weighted by molar-refractivity contribution is 6.10. The minimum atomic E-state index is -0.342. The summed E-state index contributed by atoms with van der Waals surface area (Å²) in [7, 11) is 0. The standard InChI is InChI=1S/C22H23N3O4/c26-19(14-25-12-10-15-11-13-29-22(28)20(15)25)24-18-9-5-4-8-17(18)21(27)23-16-6-2-1-3-7-16/h1-9,15,20H,10-14H2,(H,23,27)(H,24,26)/t15-,20-/m0/s1. The van der Waals surface area contributed by atoms with Crippen molar-refractivity contribution in [2.75, 3.05) is 30.3 Å². The molecule has 150 valence electrons. The van der Waals surface area contributed by atoms with Crippen molar-refractivity contribution in [1.29, 1.82) is 0 Å². The van der Waals surface area contributed by atoms with Gasteiger partial charge in [-0.25, -0.2) is 0 Å². The summed E-state index contributed by atoms with van der Waals surface area (Å²) >= 11 is 0. The van der Waals surface area contributed by atoms with Gasteiger partial charge in [-0.2, -0.15) is 0 Å². The van der Waals surface area contributed by atoms with Crippen LogP contribution in [0.2, 0.25) is 0 Å². The lowest BCUT2D eigenvalue weighted by Crippen LogP contribution is -2.46. The van der Waals surface area contributed by atoms with E-state index in [-0.39, 0.29) is 36.3 Å². The maximum atomic E-state index is 12.7. The molecular weight excluding hydrogens is 370 g/mol. The van der Waals surface area contributed by atoms with E-state index < -0.39 is 0 Å². The average molecular weight is 393 g/mol. The maximum Gasteiger partial charge on any atom is 0.323 e. The number of likely N-dealkylation sites (tertiary alicyclic amines) is 1. The molecule has 0 saturated carbocycles. The van der Waals surface area contributed by atoms with E-state index in [1.807, 2.05) is 23.1 Å². The Morgan fingerprint density at radius 1 is 1.00 bits per heavy atom. The van der Waals surface area contributed by atoms with E-state index in [1.165, 1.54) is 0 Å². The van der Waals surface area contributed by atoms with E-state index in [2.05, 4.69) is 10.6 Å². The molecule has 7 heteroatoms. The fraction of sp³-hybridized carbons (Fsp3) is 0.318. The van der Waals surface area contributed by atoms with E-state index in [0.29, 0.717) is 30.1 Å². The Morgan fingerprint density at radius 3 is 2.59 bits per heavy atom. The number of ether oxygens (including phenoxy) is 1. The summed E-state index contributed by atoms with van der Waals surface area (Å²) in [6, 6.07) is 15.7. The quantitative estimate of drug-likeness (QED) is 0.762. The van der Waals surface area contributed by atoms with Crippen molar-refractivity contribution < 1.29 is 19.1 Å². The van der Waals surface area contributed by atoms with Crippen LogP contribution in [0.1, 0.15) is 23.2 Å². The highest BCUT2D eigenvalue weighted by Crippen LogP contribution is 2.31. The number of hydrogen-bond acceptors (Lipinski definition) is 5. The van der Waals surface area contributed by atoms with Gasteiger partial charge in [-0.3, -0.25) is 19.3 Å². The fourth-order valence-electron chi connectivity index (χ4n) is 4.03. The van der Waals surface area contributed by atoms with Crippen LogP contribution in [0.15, 0.2) is 54.6 Å². The largest absolute Gasteiger partial charge is 0.465 e. The third-order valence-electron chi connectivity index (χ3n) is 5.43. The molecular formula is C22H23N3O4. The predicted octanol–water partition coefficient (Wildman–Crippen LogP) is 2.51. The molecule has 2 saturated heterocycles. The first-order valence-electron chi connectivity index (χ1n) is 9.78. The number of cyclic esters (lactones) is 1. The van der Waals surface area contributed by atoms with Crippen molar-refractivity contribution in [3.05, 3.63) is 60.2 Å². The van der Waals surface area contributed by atoms with E-state index in [4.69, 9.17) is 4.74 Å². The number of carbonyl (C=O) groups is 3. The van der Waals surface area contributed by atoms with Gasteiger partial charge in [0.15, 0.2) is 0 Å². The van der Waals surface area contributed by atoms with Gasteiger partial charge in [0.25, 0.3) is 5.91 Å². The van der Waals surface area contributed by atoms with Crippen molar-refractivity contribution >= 4 is 29.2 Å². The molecule has 2 aromatic carbocycles. The Hall–Kier alpha value is -3.19. The van der Waals surface area contributed by atoms with Crippen LogP contribution < -0.4 is 10.6 Å². The van der Waals surface area contributed by atoms with Gasteiger partial charge in [0.1, 0.15) is 6.04 Å². The third kappa shape index (κ3) is 4.30. The first-order valence-corrected chi connectivity index (χ1v) is 9.78. The number of anilines is 2. The van der Waals surface area contributed by atoms with Gasteiger partial charge in [0, 0.05) is 5.69 Å². The van der Waals surface area contributed by atoms with Crippen LogP contribution in [0, 0.1) is 5.92 Å². The zero-order valence-electron chi connectivity index (χ0n) is 16.0. The van der Waals surface area contributed by atoms with Crippen molar-refractivity contribution in [2.45, 2.75) is 18.9 Å². The fourth-order valence-corrected chi connectivity index (χ4v) is 4.03. The summed E-state index contributed by atoms with van der Waals surface area (Å²) in [6.07, 6.45) is 1.74. The molecule has 4 rings (SSSR count). The van der Waals surface area contributed by atoms with Gasteiger partial charge in [-0.05, 0) is 49.6 Å². The number of nitrogens with zero attached hydrogens (tertiary/aromatic N) is 1. The molecule has 2 atom stereocenters. The topological polar surface area (TPSA) is 87.7 Å². The lowest BCUT2D eigenvalue weighted by molar-refractivity contribution is -0.155. The van der Waals surface area contributed by atoms with Crippen LogP contribution in [0.25, 0.3) is 0 Å². The number of fused-ring (bicyclic) bond motifs is 1.